The molecular formula is C53H92NO7+. The summed E-state index contributed by atoms with van der Waals surface area (Å²) in [5, 5.41) is 9.64. The van der Waals surface area contributed by atoms with Crippen LogP contribution in [0.3, 0.4) is 0 Å². The lowest BCUT2D eigenvalue weighted by molar-refractivity contribution is -0.887. The molecule has 350 valence electrons. The van der Waals surface area contributed by atoms with Crippen LogP contribution < -0.4 is 0 Å². The van der Waals surface area contributed by atoms with Gasteiger partial charge in [0.25, 0.3) is 0 Å². The Kier molecular flexibility index (Phi) is 41.1. The summed E-state index contributed by atoms with van der Waals surface area (Å²) < 4.78 is 17.3. The Bertz CT molecular complexity index is 1230. The second-order valence-electron chi connectivity index (χ2n) is 17.4. The lowest BCUT2D eigenvalue weighted by Crippen LogP contribution is -2.50. The lowest BCUT2D eigenvalue weighted by Gasteiger charge is -2.31. The molecule has 0 aromatic heterocycles. The van der Waals surface area contributed by atoms with Gasteiger partial charge < -0.3 is 23.8 Å². The highest BCUT2D eigenvalue weighted by molar-refractivity contribution is 5.72. The molecule has 0 bridgehead atoms. The number of hydrogen-bond donors (Lipinski definition) is 1. The van der Waals surface area contributed by atoms with Crippen molar-refractivity contribution in [2.75, 3.05) is 41.0 Å². The molecule has 0 amide bonds. The van der Waals surface area contributed by atoms with Gasteiger partial charge in [-0.05, 0) is 77.0 Å². The van der Waals surface area contributed by atoms with Gasteiger partial charge in [0.1, 0.15) is 6.61 Å². The topological polar surface area (TPSA) is 99.1 Å². The summed E-state index contributed by atoms with van der Waals surface area (Å²) in [6, 6.07) is -0.621. The van der Waals surface area contributed by atoms with E-state index in [1.54, 1.807) is 0 Å². The number of nitrogens with zero attached hydrogens (tertiary/aromatic N) is 1. The molecule has 0 radical (unpaired) electrons. The van der Waals surface area contributed by atoms with Crippen molar-refractivity contribution >= 4 is 17.9 Å². The van der Waals surface area contributed by atoms with Crippen molar-refractivity contribution in [1.29, 1.82) is 0 Å². The molecule has 1 N–H and O–H groups in total. The molecule has 2 unspecified atom stereocenters. The number of carbonyl (C=O) groups is 3. The van der Waals surface area contributed by atoms with Crippen LogP contribution in [0, 0.1) is 0 Å². The van der Waals surface area contributed by atoms with Gasteiger partial charge in [-0.1, -0.05) is 170 Å². The number of carboxylic acid groups (broad SMARTS) is 1. The van der Waals surface area contributed by atoms with Crippen LogP contribution in [0.2, 0.25) is 0 Å². The number of allylic oxidation sites excluding steroid dienone is 12. The average Bonchev–Trinajstić information content (AvgIpc) is 3.22. The maximum Gasteiger partial charge on any atom is 0.362 e. The molecular weight excluding hydrogens is 763 g/mol. The van der Waals surface area contributed by atoms with Crippen molar-refractivity contribution in [3.8, 4) is 0 Å². The van der Waals surface area contributed by atoms with Crippen LogP contribution in [0.5, 0.6) is 0 Å². The zero-order chi connectivity index (χ0) is 44.9. The minimum Gasteiger partial charge on any atom is -0.477 e. The first kappa shape index (κ1) is 57.8. The number of hydrogen-bond acceptors (Lipinski definition) is 6. The molecule has 2 atom stereocenters. The van der Waals surface area contributed by atoms with E-state index in [1.807, 2.05) is 21.1 Å². The third-order valence-corrected chi connectivity index (χ3v) is 10.6. The van der Waals surface area contributed by atoms with Crippen LogP contribution in [-0.2, 0) is 28.6 Å². The smallest absolute Gasteiger partial charge is 0.362 e. The minimum atomic E-state index is -0.880. The summed E-state index contributed by atoms with van der Waals surface area (Å²) in [5.41, 5.74) is 0. The summed E-state index contributed by atoms with van der Waals surface area (Å²) in [6.07, 6.45) is 55.1. The SMILES string of the molecule is CC/C=C/C/C=C/C/C=C/C/C=C/CCCCCCCCCCCC(=O)OC(COCCC(C(=O)O)[N+](C)(C)C)COC(=O)CCCCCCCC/C=C/C=C/CCCCC. The standard InChI is InChI=1S/C53H91NO7/c1-6-8-10-12-14-16-18-20-22-23-24-25-26-27-28-30-32-34-36-38-40-42-44-52(56)61-49(47-59-46-45-50(53(57)58)54(3,4)5)48-60-51(55)43-41-39-37-35-33-31-29-21-19-17-15-13-11-9-7-2/h8,10,14-17,19-22,24-25,49-50H,6-7,9,11-13,18,23,26-48H2,1-5H3/p+1/b10-8+,16-14+,17-15+,21-19+,22-20+,25-24+. The zero-order valence-electron chi connectivity index (χ0n) is 39.8. The number of likely N-dealkylation sites (N-methyl/N-ethyl adjacent to an activating group) is 1. The van der Waals surface area contributed by atoms with Crippen molar-refractivity contribution < 1.29 is 38.2 Å². The van der Waals surface area contributed by atoms with E-state index in [-0.39, 0.29) is 36.2 Å². The number of carbonyl (C=O) groups excluding carboxylic acids is 2. The Labute approximate surface area is 374 Å². The lowest BCUT2D eigenvalue weighted by atomic mass is 10.1. The van der Waals surface area contributed by atoms with E-state index < -0.39 is 18.1 Å². The van der Waals surface area contributed by atoms with Crippen molar-refractivity contribution in [3.63, 3.8) is 0 Å². The van der Waals surface area contributed by atoms with Gasteiger partial charge in [0.15, 0.2) is 12.1 Å². The second-order valence-corrected chi connectivity index (χ2v) is 17.4. The van der Waals surface area contributed by atoms with E-state index >= 15 is 0 Å². The van der Waals surface area contributed by atoms with Gasteiger partial charge in [-0.15, -0.1) is 0 Å². The normalized spacial score (nSPS) is 13.5. The molecule has 8 heteroatoms. The van der Waals surface area contributed by atoms with Gasteiger partial charge in [-0.2, -0.15) is 0 Å². The third kappa shape index (κ3) is 41.9. The molecule has 0 heterocycles. The fourth-order valence-electron chi connectivity index (χ4n) is 6.84. The highest BCUT2D eigenvalue weighted by atomic mass is 16.6. The molecule has 0 aromatic carbocycles. The molecule has 0 saturated carbocycles. The maximum atomic E-state index is 12.8. The van der Waals surface area contributed by atoms with E-state index in [9.17, 15) is 19.5 Å². The zero-order valence-corrected chi connectivity index (χ0v) is 39.8. The fraction of sp³-hybridized carbons (Fsp3) is 0.717. The highest BCUT2D eigenvalue weighted by Crippen LogP contribution is 2.14. The Morgan fingerprint density at radius 3 is 1.46 bits per heavy atom. The summed E-state index contributed by atoms with van der Waals surface area (Å²) in [6.45, 7) is 4.58. The van der Waals surface area contributed by atoms with Gasteiger partial charge in [0, 0.05) is 19.3 Å². The molecule has 0 spiro atoms. The summed E-state index contributed by atoms with van der Waals surface area (Å²) in [4.78, 5) is 37.1. The summed E-state index contributed by atoms with van der Waals surface area (Å²) in [7, 11) is 5.52. The number of carboxylic acids is 1. The monoisotopic (exact) mass is 855 g/mol. The first-order chi connectivity index (χ1) is 29.6. The minimum absolute atomic E-state index is 0.0520. The predicted octanol–water partition coefficient (Wildman–Crippen LogP) is 13.9. The Balaban J connectivity index is 4.30. The average molecular weight is 855 g/mol. The maximum absolute atomic E-state index is 12.8. The van der Waals surface area contributed by atoms with Gasteiger partial charge in [0.2, 0.25) is 0 Å². The molecule has 0 aliphatic carbocycles. The molecule has 0 aliphatic heterocycles. The number of quaternary nitrogens is 1. The van der Waals surface area contributed by atoms with Gasteiger partial charge in [-0.25, -0.2) is 4.79 Å². The molecule has 8 nitrogen and oxygen atoms in total. The third-order valence-electron chi connectivity index (χ3n) is 10.6. The van der Waals surface area contributed by atoms with Gasteiger partial charge in [0.05, 0.1) is 34.4 Å². The van der Waals surface area contributed by atoms with Gasteiger partial charge >= 0.3 is 17.9 Å². The van der Waals surface area contributed by atoms with E-state index in [0.29, 0.717) is 19.3 Å². The fourth-order valence-corrected chi connectivity index (χ4v) is 6.84. The molecule has 0 aromatic rings. The van der Waals surface area contributed by atoms with Crippen molar-refractivity contribution in [2.45, 2.75) is 206 Å². The van der Waals surface area contributed by atoms with Crippen molar-refractivity contribution in [2.24, 2.45) is 0 Å². The van der Waals surface area contributed by atoms with Crippen LogP contribution in [-0.4, -0.2) is 80.6 Å². The van der Waals surface area contributed by atoms with Crippen LogP contribution in [0.4, 0.5) is 0 Å². The molecule has 0 fully saturated rings. The number of unbranched alkanes of at least 4 members (excludes halogenated alkanes) is 18. The number of esters is 2. The number of ether oxygens (including phenoxy) is 3. The van der Waals surface area contributed by atoms with E-state index in [0.717, 1.165) is 83.5 Å². The second kappa shape index (κ2) is 43.4. The van der Waals surface area contributed by atoms with Crippen molar-refractivity contribution in [1.82, 2.24) is 0 Å². The predicted molar refractivity (Wildman–Crippen MR) is 257 cm³/mol. The Morgan fingerprint density at radius 1 is 0.525 bits per heavy atom. The van der Waals surface area contributed by atoms with Crippen LogP contribution in [0.1, 0.15) is 194 Å². The molecule has 0 rings (SSSR count). The van der Waals surface area contributed by atoms with E-state index in [1.165, 1.54) is 77.0 Å². The number of aliphatic carboxylic acids is 1. The van der Waals surface area contributed by atoms with Crippen LogP contribution >= 0.6 is 0 Å². The van der Waals surface area contributed by atoms with Gasteiger partial charge in [-0.3, -0.25) is 9.59 Å². The first-order valence-electron chi connectivity index (χ1n) is 24.5. The van der Waals surface area contributed by atoms with Crippen LogP contribution in [0.25, 0.3) is 0 Å². The summed E-state index contributed by atoms with van der Waals surface area (Å²) >= 11 is 0. The largest absolute Gasteiger partial charge is 0.477 e. The highest BCUT2D eigenvalue weighted by Gasteiger charge is 2.31. The quantitative estimate of drug-likeness (QED) is 0.0214. The number of rotatable bonds is 43. The summed E-state index contributed by atoms with van der Waals surface area (Å²) in [5.74, 6) is -1.49. The Hall–Kier alpha value is -3.23. The molecule has 0 aliphatic rings. The van der Waals surface area contributed by atoms with E-state index in [2.05, 4.69) is 86.8 Å². The molecule has 61 heavy (non-hydrogen) atoms. The van der Waals surface area contributed by atoms with Crippen LogP contribution in [0.15, 0.2) is 72.9 Å². The Morgan fingerprint density at radius 2 is 0.967 bits per heavy atom. The first-order valence-corrected chi connectivity index (χ1v) is 24.5. The van der Waals surface area contributed by atoms with Crippen molar-refractivity contribution in [3.05, 3.63) is 72.9 Å². The molecule has 0 saturated heterocycles. The van der Waals surface area contributed by atoms with E-state index in [4.69, 9.17) is 14.2 Å².